The zero-order valence-corrected chi connectivity index (χ0v) is 16.3. The Hall–Kier alpha value is -2.88. The highest BCUT2D eigenvalue weighted by atomic mass is 32.2. The molecule has 1 N–H and O–H groups in total. The summed E-state index contributed by atoms with van der Waals surface area (Å²) >= 11 is 1.56. The van der Waals surface area contributed by atoms with Crippen LogP contribution in [-0.2, 0) is 25.4 Å². The third kappa shape index (κ3) is 4.16. The molecule has 2 aromatic heterocycles. The number of fused-ring (bicyclic) bond motifs is 1. The van der Waals surface area contributed by atoms with Crippen LogP contribution in [0.25, 0.3) is 11.2 Å². The highest BCUT2D eigenvalue weighted by Gasteiger charge is 2.16. The zero-order valence-electron chi connectivity index (χ0n) is 15.5. The number of halogens is 1. The van der Waals surface area contributed by atoms with Crippen molar-refractivity contribution < 1.29 is 9.18 Å². The van der Waals surface area contributed by atoms with Gasteiger partial charge in [0.25, 0.3) is 5.56 Å². The van der Waals surface area contributed by atoms with Crippen molar-refractivity contribution in [2.24, 2.45) is 14.1 Å². The van der Waals surface area contributed by atoms with Gasteiger partial charge in [-0.3, -0.25) is 14.2 Å². The fourth-order valence-corrected chi connectivity index (χ4v) is 3.61. The Bertz CT molecular complexity index is 1120. The number of amides is 1. The van der Waals surface area contributed by atoms with Gasteiger partial charge in [0.2, 0.25) is 5.91 Å². The van der Waals surface area contributed by atoms with Crippen molar-refractivity contribution in [2.45, 2.75) is 17.9 Å². The molecule has 28 heavy (non-hydrogen) atoms. The number of carbonyl (C=O) groups is 1. The minimum atomic E-state index is -0.585. The molecule has 0 bridgehead atoms. The Morgan fingerprint density at radius 2 is 1.93 bits per heavy atom. The lowest BCUT2D eigenvalue weighted by Gasteiger charge is -2.09. The van der Waals surface area contributed by atoms with Gasteiger partial charge in [0, 0.05) is 25.5 Å². The van der Waals surface area contributed by atoms with E-state index in [0.29, 0.717) is 13.0 Å². The predicted octanol–water partition coefficient (Wildman–Crippen LogP) is 0.871. The fraction of sp³-hybridized carbons (Fsp3) is 0.333. The summed E-state index contributed by atoms with van der Waals surface area (Å²) < 4.78 is 16.5. The molecule has 0 saturated heterocycles. The van der Waals surface area contributed by atoms with Crippen molar-refractivity contribution >= 4 is 28.8 Å². The summed E-state index contributed by atoms with van der Waals surface area (Å²) in [7, 11) is 3.17. The summed E-state index contributed by atoms with van der Waals surface area (Å²) in [6.45, 7) is 0.0633. The number of aryl methyl sites for hydroxylation is 2. The summed E-state index contributed by atoms with van der Waals surface area (Å²) in [5.41, 5.74) is -0.573. The van der Waals surface area contributed by atoms with Gasteiger partial charge in [-0.15, -0.1) is 11.8 Å². The van der Waals surface area contributed by atoms with Crippen LogP contribution in [-0.4, -0.2) is 36.9 Å². The summed E-state index contributed by atoms with van der Waals surface area (Å²) in [5.74, 6) is 0.0593. The second kappa shape index (κ2) is 8.42. The van der Waals surface area contributed by atoms with E-state index < -0.39 is 17.2 Å². The van der Waals surface area contributed by atoms with Crippen LogP contribution in [0.4, 0.5) is 4.39 Å². The lowest BCUT2D eigenvalue weighted by Crippen LogP contribution is -2.43. The van der Waals surface area contributed by atoms with Crippen LogP contribution < -0.4 is 16.6 Å². The Morgan fingerprint density at radius 3 is 2.64 bits per heavy atom. The molecule has 8 nitrogen and oxygen atoms in total. The summed E-state index contributed by atoms with van der Waals surface area (Å²) in [6, 6.07) is 6.22. The SMILES string of the molecule is Cn1cnc2c1c(=O)n(CC(=O)NCCCSc1ccc(F)cc1)c(=O)n2C. The van der Waals surface area contributed by atoms with Crippen molar-refractivity contribution in [3.63, 3.8) is 0 Å². The van der Waals surface area contributed by atoms with Gasteiger partial charge in [-0.05, 0) is 36.4 Å². The van der Waals surface area contributed by atoms with E-state index in [0.717, 1.165) is 15.2 Å². The molecular weight excluding hydrogens is 385 g/mol. The molecule has 0 aliphatic rings. The molecule has 0 saturated carbocycles. The van der Waals surface area contributed by atoms with Crippen LogP contribution in [0.5, 0.6) is 0 Å². The molecule has 148 valence electrons. The van der Waals surface area contributed by atoms with E-state index in [1.807, 2.05) is 0 Å². The van der Waals surface area contributed by atoms with Gasteiger partial charge >= 0.3 is 5.69 Å². The van der Waals surface area contributed by atoms with Gasteiger partial charge in [0.05, 0.1) is 6.33 Å². The summed E-state index contributed by atoms with van der Waals surface area (Å²) in [5, 5.41) is 2.71. The Balaban J connectivity index is 1.56. The van der Waals surface area contributed by atoms with Crippen LogP contribution >= 0.6 is 11.8 Å². The average Bonchev–Trinajstić information content (AvgIpc) is 3.06. The maximum Gasteiger partial charge on any atom is 0.332 e. The van der Waals surface area contributed by atoms with E-state index in [2.05, 4.69) is 10.3 Å². The normalized spacial score (nSPS) is 11.1. The Labute approximate surface area is 164 Å². The van der Waals surface area contributed by atoms with Gasteiger partial charge in [0.15, 0.2) is 11.2 Å². The molecular formula is C18H20FN5O3S. The highest BCUT2D eigenvalue weighted by molar-refractivity contribution is 7.99. The number of thioether (sulfide) groups is 1. The number of rotatable bonds is 7. The number of benzene rings is 1. The first-order valence-electron chi connectivity index (χ1n) is 8.64. The van der Waals surface area contributed by atoms with Crippen LogP contribution in [0, 0.1) is 5.82 Å². The molecule has 0 radical (unpaired) electrons. The number of aromatic nitrogens is 4. The van der Waals surface area contributed by atoms with Gasteiger partial charge in [-0.25, -0.2) is 18.7 Å². The molecule has 1 aromatic carbocycles. The number of nitrogens with zero attached hydrogens (tertiary/aromatic N) is 4. The lowest BCUT2D eigenvalue weighted by molar-refractivity contribution is -0.121. The third-order valence-electron chi connectivity index (χ3n) is 4.23. The molecule has 3 rings (SSSR count). The second-order valence-corrected chi connectivity index (χ2v) is 7.43. The first-order valence-corrected chi connectivity index (χ1v) is 9.63. The van der Waals surface area contributed by atoms with Gasteiger partial charge < -0.3 is 9.88 Å². The van der Waals surface area contributed by atoms with E-state index in [-0.39, 0.29) is 23.5 Å². The van der Waals surface area contributed by atoms with Gasteiger partial charge in [-0.2, -0.15) is 0 Å². The number of imidazole rings is 1. The minimum absolute atomic E-state index is 0.269. The molecule has 3 aromatic rings. The number of nitrogens with one attached hydrogen (secondary N) is 1. The van der Waals surface area contributed by atoms with E-state index in [1.165, 1.54) is 34.6 Å². The maximum atomic E-state index is 12.9. The largest absolute Gasteiger partial charge is 0.355 e. The van der Waals surface area contributed by atoms with Crippen LogP contribution in [0.15, 0.2) is 45.1 Å². The van der Waals surface area contributed by atoms with Gasteiger partial charge in [-0.1, -0.05) is 0 Å². The fourth-order valence-electron chi connectivity index (χ4n) is 2.76. The molecule has 0 fully saturated rings. The van der Waals surface area contributed by atoms with Crippen molar-refractivity contribution in [2.75, 3.05) is 12.3 Å². The average molecular weight is 405 g/mol. The quantitative estimate of drug-likeness (QED) is 0.465. The van der Waals surface area contributed by atoms with Crippen LogP contribution in [0.3, 0.4) is 0 Å². The zero-order chi connectivity index (χ0) is 20.3. The standard InChI is InChI=1S/C18H20FN5O3S/c1-22-11-21-16-15(22)17(26)24(18(27)23(16)2)10-14(25)20-8-3-9-28-13-6-4-12(19)5-7-13/h4-7,11H,3,8-10H2,1-2H3,(H,20,25). The number of carbonyl (C=O) groups excluding carboxylic acids is 1. The van der Waals surface area contributed by atoms with Crippen molar-refractivity contribution in [1.82, 2.24) is 24.0 Å². The van der Waals surface area contributed by atoms with E-state index in [9.17, 15) is 18.8 Å². The van der Waals surface area contributed by atoms with Crippen molar-refractivity contribution in [3.8, 4) is 0 Å². The third-order valence-corrected chi connectivity index (χ3v) is 5.33. The molecule has 2 heterocycles. The summed E-state index contributed by atoms with van der Waals surface area (Å²) in [6.07, 6.45) is 2.15. The van der Waals surface area contributed by atoms with Crippen molar-refractivity contribution in [3.05, 3.63) is 57.2 Å². The first kappa shape index (κ1) is 19.9. The van der Waals surface area contributed by atoms with Gasteiger partial charge in [0.1, 0.15) is 12.4 Å². The molecule has 0 unspecified atom stereocenters. The monoisotopic (exact) mass is 405 g/mol. The van der Waals surface area contributed by atoms with Crippen molar-refractivity contribution in [1.29, 1.82) is 0 Å². The molecule has 1 amide bonds. The van der Waals surface area contributed by atoms with Crippen LogP contribution in [0.1, 0.15) is 6.42 Å². The molecule has 0 spiro atoms. The molecule has 0 aliphatic carbocycles. The topological polar surface area (TPSA) is 90.9 Å². The summed E-state index contributed by atoms with van der Waals surface area (Å²) in [4.78, 5) is 42.1. The molecule has 10 heteroatoms. The van der Waals surface area contributed by atoms with E-state index >= 15 is 0 Å². The molecule has 0 aliphatic heterocycles. The first-order chi connectivity index (χ1) is 13.4. The van der Waals surface area contributed by atoms with Crippen LogP contribution in [0.2, 0.25) is 0 Å². The van der Waals surface area contributed by atoms with E-state index in [1.54, 1.807) is 30.9 Å². The smallest absolute Gasteiger partial charge is 0.332 e. The second-order valence-electron chi connectivity index (χ2n) is 6.27. The number of hydrogen-bond donors (Lipinski definition) is 1. The number of hydrogen-bond acceptors (Lipinski definition) is 5. The molecule has 0 atom stereocenters. The van der Waals surface area contributed by atoms with E-state index in [4.69, 9.17) is 0 Å². The Morgan fingerprint density at radius 1 is 1.21 bits per heavy atom. The predicted molar refractivity (Wildman–Crippen MR) is 105 cm³/mol. The lowest BCUT2D eigenvalue weighted by atomic mass is 10.4. The Kier molecular flexibility index (Phi) is 5.98. The maximum absolute atomic E-state index is 12.9. The highest BCUT2D eigenvalue weighted by Crippen LogP contribution is 2.18. The minimum Gasteiger partial charge on any atom is -0.355 e.